The molecule has 1 fully saturated rings. The molecule has 1 aromatic carbocycles. The van der Waals surface area contributed by atoms with Gasteiger partial charge in [-0.1, -0.05) is 43.2 Å². The summed E-state index contributed by atoms with van der Waals surface area (Å²) >= 11 is 0. The van der Waals surface area contributed by atoms with Gasteiger partial charge < -0.3 is 10.2 Å². The van der Waals surface area contributed by atoms with Gasteiger partial charge in [0, 0.05) is 0 Å². The molecule has 3 N–H and O–H groups in total. The quantitative estimate of drug-likeness (QED) is 0.647. The van der Waals surface area contributed by atoms with Crippen LogP contribution in [0.3, 0.4) is 0 Å². The summed E-state index contributed by atoms with van der Waals surface area (Å²) in [5, 5.41) is 21.3. The molecule has 0 saturated heterocycles. The molecule has 1 aliphatic rings. The predicted octanol–water partition coefficient (Wildman–Crippen LogP) is 1.92. The Kier molecular flexibility index (Phi) is 5.33. The second-order valence-electron chi connectivity index (χ2n) is 5.65. The first-order valence-corrected chi connectivity index (χ1v) is 7.32. The highest BCUT2D eigenvalue weighted by molar-refractivity contribution is 5.77. The van der Waals surface area contributed by atoms with Crippen LogP contribution in [0.15, 0.2) is 30.3 Å². The van der Waals surface area contributed by atoms with Crippen molar-refractivity contribution in [3.63, 3.8) is 0 Å². The van der Waals surface area contributed by atoms with Crippen LogP contribution in [-0.4, -0.2) is 34.2 Å². The van der Waals surface area contributed by atoms with Gasteiger partial charge in [-0.3, -0.25) is 14.9 Å². The van der Waals surface area contributed by atoms with Crippen molar-refractivity contribution in [2.24, 2.45) is 5.92 Å². The number of hydrogen-bond acceptors (Lipinski definition) is 3. The lowest BCUT2D eigenvalue weighted by atomic mass is 10.0. The molecule has 0 amide bonds. The van der Waals surface area contributed by atoms with Gasteiger partial charge in [0.15, 0.2) is 0 Å². The fraction of sp³-hybridized carbons (Fsp3) is 0.500. The summed E-state index contributed by atoms with van der Waals surface area (Å²) in [5.41, 5.74) is 1.06. The Hall–Kier alpha value is -1.88. The molecule has 5 heteroatoms. The maximum absolute atomic E-state index is 11.3. The van der Waals surface area contributed by atoms with Crippen LogP contribution in [0.1, 0.15) is 31.2 Å². The van der Waals surface area contributed by atoms with E-state index in [0.717, 1.165) is 18.4 Å². The van der Waals surface area contributed by atoms with Gasteiger partial charge in [0.1, 0.15) is 12.1 Å². The van der Waals surface area contributed by atoms with Crippen molar-refractivity contribution in [2.45, 2.75) is 44.2 Å². The summed E-state index contributed by atoms with van der Waals surface area (Å²) in [4.78, 5) is 22.6. The first-order valence-electron chi connectivity index (χ1n) is 7.32. The number of hydrogen-bond donors (Lipinski definition) is 3. The molecule has 2 rings (SSSR count). The Morgan fingerprint density at radius 1 is 1.10 bits per heavy atom. The number of aryl methyl sites for hydroxylation is 1. The highest BCUT2D eigenvalue weighted by Crippen LogP contribution is 2.33. The first kappa shape index (κ1) is 15.5. The Balaban J connectivity index is 1.90. The third-order valence-electron chi connectivity index (χ3n) is 3.83. The Bertz CT molecular complexity index is 484. The molecule has 1 saturated carbocycles. The van der Waals surface area contributed by atoms with Gasteiger partial charge in [0.2, 0.25) is 0 Å². The van der Waals surface area contributed by atoms with Crippen molar-refractivity contribution < 1.29 is 19.8 Å². The second kappa shape index (κ2) is 7.22. The molecule has 0 heterocycles. The van der Waals surface area contributed by atoms with Gasteiger partial charge in [-0.15, -0.1) is 0 Å². The summed E-state index contributed by atoms with van der Waals surface area (Å²) in [7, 11) is 0. The van der Waals surface area contributed by atoms with E-state index < -0.39 is 24.0 Å². The van der Waals surface area contributed by atoms with Gasteiger partial charge in [0.05, 0.1) is 0 Å². The van der Waals surface area contributed by atoms with E-state index in [1.165, 1.54) is 0 Å². The van der Waals surface area contributed by atoms with Gasteiger partial charge >= 0.3 is 11.9 Å². The third kappa shape index (κ3) is 5.19. The molecule has 114 valence electrons. The van der Waals surface area contributed by atoms with E-state index in [4.69, 9.17) is 0 Å². The molecule has 21 heavy (non-hydrogen) atoms. The molecule has 0 spiro atoms. The molecular formula is C16H21NO4. The topological polar surface area (TPSA) is 86.6 Å². The Morgan fingerprint density at radius 2 is 1.71 bits per heavy atom. The molecule has 5 nitrogen and oxygen atoms in total. The van der Waals surface area contributed by atoms with Crippen LogP contribution in [0, 0.1) is 5.92 Å². The molecule has 0 aromatic heterocycles. The average molecular weight is 291 g/mol. The second-order valence-corrected chi connectivity index (χ2v) is 5.65. The predicted molar refractivity (Wildman–Crippen MR) is 78.1 cm³/mol. The number of rotatable bonds is 9. The fourth-order valence-electron chi connectivity index (χ4n) is 2.40. The summed E-state index contributed by atoms with van der Waals surface area (Å²) < 4.78 is 0. The van der Waals surface area contributed by atoms with Crippen LogP contribution in [0.4, 0.5) is 0 Å². The van der Waals surface area contributed by atoms with E-state index in [1.807, 2.05) is 30.3 Å². The highest BCUT2D eigenvalue weighted by Gasteiger charge is 2.32. The summed E-state index contributed by atoms with van der Waals surface area (Å²) in [6, 6.07) is 8.01. The minimum absolute atomic E-state index is 0.383. The van der Waals surface area contributed by atoms with Crippen molar-refractivity contribution in [1.82, 2.24) is 5.32 Å². The number of carboxylic acid groups (broad SMARTS) is 2. The lowest BCUT2D eigenvalue weighted by Gasteiger charge is -2.20. The van der Waals surface area contributed by atoms with Crippen molar-refractivity contribution in [3.8, 4) is 0 Å². The van der Waals surface area contributed by atoms with Crippen LogP contribution >= 0.6 is 0 Å². The van der Waals surface area contributed by atoms with Crippen molar-refractivity contribution >= 4 is 11.9 Å². The zero-order valence-electron chi connectivity index (χ0n) is 11.9. The number of nitrogens with one attached hydrogen (secondary N) is 1. The minimum Gasteiger partial charge on any atom is -0.480 e. The monoisotopic (exact) mass is 291 g/mol. The zero-order chi connectivity index (χ0) is 15.2. The number of carboxylic acids is 2. The van der Waals surface area contributed by atoms with Crippen LogP contribution in [0.5, 0.6) is 0 Å². The molecule has 0 bridgehead atoms. The van der Waals surface area contributed by atoms with Crippen molar-refractivity contribution in [3.05, 3.63) is 35.9 Å². The third-order valence-corrected chi connectivity index (χ3v) is 3.83. The molecule has 1 aromatic rings. The summed E-state index contributed by atoms with van der Waals surface area (Å²) in [5.74, 6) is -1.52. The van der Waals surface area contributed by atoms with Crippen LogP contribution in [0.25, 0.3) is 0 Å². The SMILES string of the molecule is O=C(O)[C@H](CC1CC1)N[C@H](CCc1ccccc1)C(=O)O. The van der Waals surface area contributed by atoms with Gasteiger partial charge in [-0.05, 0) is 30.7 Å². The maximum Gasteiger partial charge on any atom is 0.320 e. The largest absolute Gasteiger partial charge is 0.480 e. The van der Waals surface area contributed by atoms with Crippen LogP contribution in [0.2, 0.25) is 0 Å². The standard InChI is InChI=1S/C16H21NO4/c18-15(19)13(9-8-11-4-2-1-3-5-11)17-14(16(20)21)10-12-6-7-12/h1-5,12-14,17H,6-10H2,(H,18,19)(H,20,21)/t13-,14+/m1/s1. The zero-order valence-corrected chi connectivity index (χ0v) is 11.9. The Labute approximate surface area is 124 Å². The molecule has 2 atom stereocenters. The van der Waals surface area contributed by atoms with E-state index in [9.17, 15) is 19.8 Å². The van der Waals surface area contributed by atoms with Gasteiger partial charge in [-0.25, -0.2) is 0 Å². The number of carbonyl (C=O) groups is 2. The fourth-order valence-corrected chi connectivity index (χ4v) is 2.40. The minimum atomic E-state index is -0.993. The molecule has 0 unspecified atom stereocenters. The van der Waals surface area contributed by atoms with E-state index in [-0.39, 0.29) is 0 Å². The van der Waals surface area contributed by atoms with Gasteiger partial charge in [0.25, 0.3) is 0 Å². The number of aliphatic carboxylic acids is 2. The van der Waals surface area contributed by atoms with Crippen molar-refractivity contribution in [1.29, 1.82) is 0 Å². The average Bonchev–Trinajstić information content (AvgIpc) is 3.26. The van der Waals surface area contributed by atoms with E-state index in [0.29, 0.717) is 25.2 Å². The summed E-state index contributed by atoms with van der Waals surface area (Å²) in [6.45, 7) is 0. The van der Waals surface area contributed by atoms with E-state index in [2.05, 4.69) is 5.32 Å². The normalized spacial score (nSPS) is 17.1. The number of benzene rings is 1. The molecule has 0 radical (unpaired) electrons. The molecule has 0 aliphatic heterocycles. The van der Waals surface area contributed by atoms with Gasteiger partial charge in [-0.2, -0.15) is 0 Å². The van der Waals surface area contributed by atoms with E-state index >= 15 is 0 Å². The van der Waals surface area contributed by atoms with Crippen LogP contribution in [-0.2, 0) is 16.0 Å². The maximum atomic E-state index is 11.3. The van der Waals surface area contributed by atoms with Crippen molar-refractivity contribution in [2.75, 3.05) is 0 Å². The molecular weight excluding hydrogens is 270 g/mol. The first-order chi connectivity index (χ1) is 10.1. The Morgan fingerprint density at radius 3 is 2.24 bits per heavy atom. The van der Waals surface area contributed by atoms with Crippen LogP contribution < -0.4 is 5.32 Å². The summed E-state index contributed by atoms with van der Waals surface area (Å²) in [6.07, 6.45) is 3.61. The highest BCUT2D eigenvalue weighted by atomic mass is 16.4. The molecule has 1 aliphatic carbocycles. The lowest BCUT2D eigenvalue weighted by Crippen LogP contribution is -2.47. The smallest absolute Gasteiger partial charge is 0.320 e. The van der Waals surface area contributed by atoms with E-state index in [1.54, 1.807) is 0 Å². The lowest BCUT2D eigenvalue weighted by molar-refractivity contribution is -0.142.